The first-order valence-corrected chi connectivity index (χ1v) is 7.01. The maximum atomic E-state index is 10.6. The molecule has 0 radical (unpaired) electrons. The van der Waals surface area contributed by atoms with Gasteiger partial charge in [-0.15, -0.1) is 0 Å². The van der Waals surface area contributed by atoms with E-state index in [9.17, 15) is 14.4 Å². The van der Waals surface area contributed by atoms with Gasteiger partial charge < -0.3 is 15.3 Å². The number of carbonyl (C=O) groups is 3. The van der Waals surface area contributed by atoms with E-state index in [-0.39, 0.29) is 5.56 Å². The van der Waals surface area contributed by atoms with Crippen LogP contribution in [0.15, 0.2) is 36.4 Å². The molecular weight excluding hydrogens is 312 g/mol. The van der Waals surface area contributed by atoms with Gasteiger partial charge in [0.2, 0.25) is 0 Å². The Labute approximate surface area is 139 Å². The van der Waals surface area contributed by atoms with Crippen molar-refractivity contribution in [2.75, 3.05) is 0 Å². The standard InChI is InChI=1S/C9H6O6.C9H12/c10-7(11)4-1-2-5(8(12)13)6(3-4)9(14)15;1-7-4-5-8(2)9(3)6-7/h1-3H,(H,10,11)(H,12,13)(H,14,15);4-6H,1-3H3. The van der Waals surface area contributed by atoms with Gasteiger partial charge in [0.15, 0.2) is 0 Å². The van der Waals surface area contributed by atoms with Crippen LogP contribution in [-0.4, -0.2) is 33.2 Å². The molecule has 6 heteroatoms. The summed E-state index contributed by atoms with van der Waals surface area (Å²) in [5.74, 6) is -4.20. The van der Waals surface area contributed by atoms with Crippen molar-refractivity contribution in [3.05, 3.63) is 69.8 Å². The molecule has 0 aliphatic rings. The average molecular weight is 330 g/mol. The van der Waals surface area contributed by atoms with E-state index in [0.29, 0.717) is 0 Å². The topological polar surface area (TPSA) is 112 Å². The normalized spacial score (nSPS) is 9.62. The van der Waals surface area contributed by atoms with E-state index in [0.717, 1.165) is 18.2 Å². The summed E-state index contributed by atoms with van der Waals surface area (Å²) in [6.07, 6.45) is 0. The highest BCUT2D eigenvalue weighted by Gasteiger charge is 2.17. The predicted molar refractivity (Wildman–Crippen MR) is 88.0 cm³/mol. The number of rotatable bonds is 3. The number of benzene rings is 2. The first-order valence-electron chi connectivity index (χ1n) is 7.01. The Morgan fingerprint density at radius 2 is 1.25 bits per heavy atom. The van der Waals surface area contributed by atoms with Gasteiger partial charge in [-0.05, 0) is 50.1 Å². The van der Waals surface area contributed by atoms with Crippen LogP contribution in [0.1, 0.15) is 47.8 Å². The Bertz CT molecular complexity index is 792. The minimum absolute atomic E-state index is 0.266. The molecule has 24 heavy (non-hydrogen) atoms. The van der Waals surface area contributed by atoms with E-state index in [1.165, 1.54) is 16.7 Å². The van der Waals surface area contributed by atoms with E-state index < -0.39 is 29.0 Å². The fourth-order valence-electron chi connectivity index (χ4n) is 1.93. The van der Waals surface area contributed by atoms with Crippen LogP contribution < -0.4 is 0 Å². The van der Waals surface area contributed by atoms with Crippen LogP contribution in [0.25, 0.3) is 0 Å². The van der Waals surface area contributed by atoms with Crippen molar-refractivity contribution in [3.8, 4) is 0 Å². The number of hydrogen-bond acceptors (Lipinski definition) is 3. The van der Waals surface area contributed by atoms with Crippen molar-refractivity contribution in [3.63, 3.8) is 0 Å². The summed E-state index contributed by atoms with van der Waals surface area (Å²) < 4.78 is 0. The number of carboxylic acid groups (broad SMARTS) is 3. The first kappa shape index (κ1) is 18.9. The monoisotopic (exact) mass is 330 g/mol. The Morgan fingerprint density at radius 1 is 0.667 bits per heavy atom. The van der Waals surface area contributed by atoms with Gasteiger partial charge in [0.1, 0.15) is 0 Å². The van der Waals surface area contributed by atoms with E-state index in [1.807, 2.05) is 0 Å². The third-order valence-electron chi connectivity index (χ3n) is 3.39. The van der Waals surface area contributed by atoms with E-state index in [4.69, 9.17) is 15.3 Å². The molecule has 0 saturated heterocycles. The molecule has 6 nitrogen and oxygen atoms in total. The van der Waals surface area contributed by atoms with Crippen LogP contribution in [0.4, 0.5) is 0 Å². The Hall–Kier alpha value is -3.15. The maximum Gasteiger partial charge on any atom is 0.336 e. The highest BCUT2D eigenvalue weighted by Crippen LogP contribution is 2.12. The van der Waals surface area contributed by atoms with Gasteiger partial charge in [-0.3, -0.25) is 0 Å². The lowest BCUT2D eigenvalue weighted by atomic mass is 10.0. The van der Waals surface area contributed by atoms with E-state index in [1.54, 1.807) is 0 Å². The summed E-state index contributed by atoms with van der Waals surface area (Å²) in [6.45, 7) is 6.39. The number of hydrogen-bond donors (Lipinski definition) is 3. The van der Waals surface area contributed by atoms with Crippen LogP contribution in [0.3, 0.4) is 0 Å². The third-order valence-corrected chi connectivity index (χ3v) is 3.39. The van der Waals surface area contributed by atoms with Crippen LogP contribution in [0, 0.1) is 20.8 Å². The number of aryl methyl sites for hydroxylation is 3. The van der Waals surface area contributed by atoms with Crippen molar-refractivity contribution >= 4 is 17.9 Å². The van der Waals surface area contributed by atoms with Crippen LogP contribution in [0.2, 0.25) is 0 Å². The van der Waals surface area contributed by atoms with Gasteiger partial charge in [0.25, 0.3) is 0 Å². The molecule has 2 aromatic rings. The second-order valence-electron chi connectivity index (χ2n) is 5.26. The van der Waals surface area contributed by atoms with Crippen LogP contribution in [0.5, 0.6) is 0 Å². The summed E-state index contributed by atoms with van der Waals surface area (Å²) in [7, 11) is 0. The van der Waals surface area contributed by atoms with Gasteiger partial charge in [0, 0.05) is 0 Å². The molecule has 2 rings (SSSR count). The molecule has 3 N–H and O–H groups in total. The Morgan fingerprint density at radius 3 is 1.67 bits per heavy atom. The molecule has 0 amide bonds. The molecule has 0 spiro atoms. The molecule has 0 bridgehead atoms. The van der Waals surface area contributed by atoms with Gasteiger partial charge in [-0.2, -0.15) is 0 Å². The molecule has 126 valence electrons. The minimum Gasteiger partial charge on any atom is -0.478 e. The maximum absolute atomic E-state index is 10.6. The summed E-state index contributed by atoms with van der Waals surface area (Å²) in [5.41, 5.74) is 2.86. The van der Waals surface area contributed by atoms with Gasteiger partial charge in [0.05, 0.1) is 16.7 Å². The lowest BCUT2D eigenvalue weighted by Crippen LogP contribution is -2.10. The van der Waals surface area contributed by atoms with Crippen molar-refractivity contribution in [2.45, 2.75) is 20.8 Å². The van der Waals surface area contributed by atoms with Crippen molar-refractivity contribution in [2.24, 2.45) is 0 Å². The Kier molecular flexibility index (Phi) is 6.23. The van der Waals surface area contributed by atoms with E-state index in [2.05, 4.69) is 39.0 Å². The van der Waals surface area contributed by atoms with Gasteiger partial charge in [-0.1, -0.05) is 23.8 Å². The zero-order valence-electron chi connectivity index (χ0n) is 13.5. The SMILES string of the molecule is Cc1ccc(C)c(C)c1.O=C(O)c1ccc(C(=O)O)c(C(=O)O)c1. The average Bonchev–Trinajstić information content (AvgIpc) is 2.51. The second kappa shape index (κ2) is 7.92. The summed E-state index contributed by atoms with van der Waals surface area (Å²) >= 11 is 0. The van der Waals surface area contributed by atoms with Crippen molar-refractivity contribution in [1.29, 1.82) is 0 Å². The smallest absolute Gasteiger partial charge is 0.336 e. The third kappa shape index (κ3) is 4.95. The molecule has 0 heterocycles. The lowest BCUT2D eigenvalue weighted by Gasteiger charge is -2.02. The van der Waals surface area contributed by atoms with E-state index >= 15 is 0 Å². The van der Waals surface area contributed by atoms with Crippen molar-refractivity contribution in [1.82, 2.24) is 0 Å². The molecule has 0 unspecified atom stereocenters. The zero-order chi connectivity index (χ0) is 18.4. The molecule has 0 fully saturated rings. The van der Waals surface area contributed by atoms with Crippen molar-refractivity contribution < 1.29 is 29.7 Å². The molecule has 0 aliphatic heterocycles. The summed E-state index contributed by atoms with van der Waals surface area (Å²) in [6, 6.07) is 9.31. The molecule has 0 saturated carbocycles. The van der Waals surface area contributed by atoms with Gasteiger partial charge in [-0.25, -0.2) is 14.4 Å². The number of carboxylic acids is 3. The fourth-order valence-corrected chi connectivity index (χ4v) is 1.93. The highest BCUT2D eigenvalue weighted by molar-refractivity contribution is 6.03. The van der Waals surface area contributed by atoms with Crippen LogP contribution >= 0.6 is 0 Å². The summed E-state index contributed by atoms with van der Waals surface area (Å²) in [4.78, 5) is 31.8. The molecular formula is C18H18O6. The first-order chi connectivity index (χ1) is 11.1. The number of aromatic carboxylic acids is 3. The zero-order valence-corrected chi connectivity index (χ0v) is 13.5. The minimum atomic E-state index is -1.48. The Balaban J connectivity index is 0.000000272. The lowest BCUT2D eigenvalue weighted by molar-refractivity contribution is 0.0649. The largest absolute Gasteiger partial charge is 0.478 e. The molecule has 0 atom stereocenters. The molecule has 2 aromatic carbocycles. The van der Waals surface area contributed by atoms with Gasteiger partial charge >= 0.3 is 17.9 Å². The quantitative estimate of drug-likeness (QED) is 0.795. The van der Waals surface area contributed by atoms with Crippen LogP contribution in [-0.2, 0) is 0 Å². The molecule has 0 aromatic heterocycles. The predicted octanol–water partition coefficient (Wildman–Crippen LogP) is 3.39. The second-order valence-corrected chi connectivity index (χ2v) is 5.26. The highest BCUT2D eigenvalue weighted by atomic mass is 16.4. The summed E-state index contributed by atoms with van der Waals surface area (Å²) in [5, 5.41) is 25.9. The molecule has 0 aliphatic carbocycles. The fraction of sp³-hybridized carbons (Fsp3) is 0.167.